The van der Waals surface area contributed by atoms with Crippen molar-refractivity contribution in [2.75, 3.05) is 31.1 Å². The van der Waals surface area contributed by atoms with Crippen LogP contribution in [0.2, 0.25) is 0 Å². The summed E-state index contributed by atoms with van der Waals surface area (Å²) in [4.78, 5) is 30.3. The molecule has 1 heterocycles. The van der Waals surface area contributed by atoms with E-state index >= 15 is 0 Å². The number of nitrogens with zero attached hydrogens (tertiary/aromatic N) is 2. The van der Waals surface area contributed by atoms with Gasteiger partial charge < -0.3 is 15.1 Å². The summed E-state index contributed by atoms with van der Waals surface area (Å²) < 4.78 is 0. The molecule has 1 saturated heterocycles. The fourth-order valence-electron chi connectivity index (χ4n) is 3.88. The largest absolute Gasteiger partial charge is 0.368 e. The van der Waals surface area contributed by atoms with E-state index in [4.69, 9.17) is 0 Å². The summed E-state index contributed by atoms with van der Waals surface area (Å²) in [5.41, 5.74) is 2.98. The molecule has 1 aliphatic rings. The molecule has 1 unspecified atom stereocenters. The van der Waals surface area contributed by atoms with Gasteiger partial charge in [-0.25, -0.2) is 0 Å². The van der Waals surface area contributed by atoms with Crippen molar-refractivity contribution in [2.45, 2.75) is 46.1 Å². The highest BCUT2D eigenvalue weighted by Gasteiger charge is 2.31. The van der Waals surface area contributed by atoms with Crippen LogP contribution in [0, 0.1) is 5.92 Å². The maximum Gasteiger partial charge on any atom is 0.251 e. The maximum atomic E-state index is 13.2. The Labute approximate surface area is 186 Å². The predicted molar refractivity (Wildman–Crippen MR) is 126 cm³/mol. The molecule has 0 spiro atoms. The van der Waals surface area contributed by atoms with Gasteiger partial charge in [0.05, 0.1) is 0 Å². The van der Waals surface area contributed by atoms with E-state index < -0.39 is 6.04 Å². The first-order chi connectivity index (χ1) is 14.7. The average Bonchev–Trinajstić information content (AvgIpc) is 2.77. The molecule has 0 aromatic heterocycles. The summed E-state index contributed by atoms with van der Waals surface area (Å²) >= 11 is 0. The molecular weight excluding hydrogens is 386 g/mol. The lowest BCUT2D eigenvalue weighted by molar-refractivity contribution is -0.134. The zero-order valence-electron chi connectivity index (χ0n) is 19.4. The van der Waals surface area contributed by atoms with Crippen LogP contribution in [0.4, 0.5) is 5.69 Å². The van der Waals surface area contributed by atoms with Crippen molar-refractivity contribution in [3.63, 3.8) is 0 Å². The lowest BCUT2D eigenvalue weighted by atomic mass is 9.86. The molecule has 2 amide bonds. The minimum absolute atomic E-state index is 0.00220. The molecule has 31 heavy (non-hydrogen) atoms. The van der Waals surface area contributed by atoms with Crippen LogP contribution in [-0.4, -0.2) is 48.9 Å². The summed E-state index contributed by atoms with van der Waals surface area (Å²) in [6.07, 6.45) is 0. The molecule has 1 N–H and O–H groups in total. The first-order valence-corrected chi connectivity index (χ1v) is 11.2. The third-order valence-electron chi connectivity index (χ3n) is 5.95. The van der Waals surface area contributed by atoms with Crippen LogP contribution < -0.4 is 10.2 Å². The minimum Gasteiger partial charge on any atom is -0.368 e. The van der Waals surface area contributed by atoms with Gasteiger partial charge in [-0.2, -0.15) is 0 Å². The van der Waals surface area contributed by atoms with Gasteiger partial charge in [-0.05, 0) is 41.2 Å². The number of anilines is 1. The second-order valence-electron chi connectivity index (χ2n) is 9.67. The third-order valence-corrected chi connectivity index (χ3v) is 5.95. The number of nitrogens with one attached hydrogen (secondary N) is 1. The van der Waals surface area contributed by atoms with Gasteiger partial charge in [0, 0.05) is 37.4 Å². The van der Waals surface area contributed by atoms with Crippen molar-refractivity contribution in [3.05, 3.63) is 65.7 Å². The van der Waals surface area contributed by atoms with Crippen molar-refractivity contribution >= 4 is 17.5 Å². The van der Waals surface area contributed by atoms with Gasteiger partial charge in [0.15, 0.2) is 0 Å². The van der Waals surface area contributed by atoms with E-state index in [9.17, 15) is 9.59 Å². The number of hydrogen-bond acceptors (Lipinski definition) is 3. The average molecular weight is 422 g/mol. The number of carbonyl (C=O) groups excluding carboxylic acids is 2. The summed E-state index contributed by atoms with van der Waals surface area (Å²) in [7, 11) is 0. The first-order valence-electron chi connectivity index (χ1n) is 11.2. The Morgan fingerprint density at radius 2 is 1.45 bits per heavy atom. The molecule has 5 heteroatoms. The third kappa shape index (κ3) is 5.66. The summed E-state index contributed by atoms with van der Waals surface area (Å²) in [5, 5.41) is 2.99. The number of hydrogen-bond donors (Lipinski definition) is 1. The van der Waals surface area contributed by atoms with Gasteiger partial charge in [0.2, 0.25) is 5.91 Å². The molecule has 166 valence electrons. The van der Waals surface area contributed by atoms with Crippen molar-refractivity contribution in [1.82, 2.24) is 10.2 Å². The standard InChI is InChI=1S/C26H35N3O2/c1-19(2)23(27-24(30)20-11-13-21(14-12-20)26(3,4)5)25(31)29-17-15-28(16-18-29)22-9-7-6-8-10-22/h6-14,19,23H,15-18H2,1-5H3,(H,27,30). The monoisotopic (exact) mass is 421 g/mol. The summed E-state index contributed by atoms with van der Waals surface area (Å²) in [6.45, 7) is 13.3. The Hall–Kier alpha value is -2.82. The molecule has 5 nitrogen and oxygen atoms in total. The fraction of sp³-hybridized carbons (Fsp3) is 0.462. The lowest BCUT2D eigenvalue weighted by Crippen LogP contribution is -2.56. The van der Waals surface area contributed by atoms with Crippen molar-refractivity contribution in [2.24, 2.45) is 5.92 Å². The normalized spacial score (nSPS) is 15.7. The number of piperazine rings is 1. The van der Waals surface area contributed by atoms with Gasteiger partial charge >= 0.3 is 0 Å². The number of carbonyl (C=O) groups is 2. The number of para-hydroxylation sites is 1. The van der Waals surface area contributed by atoms with Crippen LogP contribution in [0.1, 0.15) is 50.5 Å². The Morgan fingerprint density at radius 3 is 1.97 bits per heavy atom. The Balaban J connectivity index is 1.62. The van der Waals surface area contributed by atoms with Crippen LogP contribution in [0.3, 0.4) is 0 Å². The van der Waals surface area contributed by atoms with Gasteiger partial charge in [-0.1, -0.05) is 65.0 Å². The minimum atomic E-state index is -0.530. The van der Waals surface area contributed by atoms with Crippen LogP contribution in [0.5, 0.6) is 0 Å². The highest BCUT2D eigenvalue weighted by atomic mass is 16.2. The van der Waals surface area contributed by atoms with E-state index in [1.54, 1.807) is 0 Å². The van der Waals surface area contributed by atoms with E-state index in [1.807, 2.05) is 61.2 Å². The van der Waals surface area contributed by atoms with Crippen LogP contribution >= 0.6 is 0 Å². The van der Waals surface area contributed by atoms with Crippen molar-refractivity contribution in [1.29, 1.82) is 0 Å². The lowest BCUT2D eigenvalue weighted by Gasteiger charge is -2.38. The van der Waals surface area contributed by atoms with E-state index in [1.165, 1.54) is 11.3 Å². The zero-order chi connectivity index (χ0) is 22.6. The second kappa shape index (κ2) is 9.54. The quantitative estimate of drug-likeness (QED) is 0.791. The molecule has 0 bridgehead atoms. The molecule has 2 aromatic carbocycles. The molecule has 0 radical (unpaired) electrons. The molecule has 3 rings (SSSR count). The van der Waals surface area contributed by atoms with Crippen LogP contribution in [0.25, 0.3) is 0 Å². The molecule has 1 aliphatic heterocycles. The molecule has 2 aromatic rings. The molecule has 0 saturated carbocycles. The second-order valence-corrected chi connectivity index (χ2v) is 9.67. The van der Waals surface area contributed by atoms with E-state index in [2.05, 4.69) is 43.1 Å². The van der Waals surface area contributed by atoms with Crippen molar-refractivity contribution in [3.8, 4) is 0 Å². The Morgan fingerprint density at radius 1 is 0.871 bits per heavy atom. The Bertz CT molecular complexity index is 877. The summed E-state index contributed by atoms with van der Waals surface area (Å²) in [6, 6.07) is 17.4. The van der Waals surface area contributed by atoms with Crippen molar-refractivity contribution < 1.29 is 9.59 Å². The molecule has 0 aliphatic carbocycles. The zero-order valence-corrected chi connectivity index (χ0v) is 19.4. The number of benzene rings is 2. The molecular formula is C26H35N3O2. The summed E-state index contributed by atoms with van der Waals surface area (Å²) in [5.74, 6) is -0.185. The van der Waals surface area contributed by atoms with Crippen LogP contribution in [-0.2, 0) is 10.2 Å². The van der Waals surface area contributed by atoms with Gasteiger partial charge in [0.25, 0.3) is 5.91 Å². The van der Waals surface area contributed by atoms with Gasteiger partial charge in [-0.3, -0.25) is 9.59 Å². The first kappa shape index (κ1) is 22.9. The highest BCUT2D eigenvalue weighted by molar-refractivity contribution is 5.97. The smallest absolute Gasteiger partial charge is 0.251 e. The van der Waals surface area contributed by atoms with E-state index in [0.717, 1.165) is 13.1 Å². The number of rotatable bonds is 5. The maximum absolute atomic E-state index is 13.2. The van der Waals surface area contributed by atoms with Gasteiger partial charge in [-0.15, -0.1) is 0 Å². The van der Waals surface area contributed by atoms with E-state index in [-0.39, 0.29) is 23.1 Å². The molecule has 1 fully saturated rings. The number of amides is 2. The topological polar surface area (TPSA) is 52.7 Å². The highest BCUT2D eigenvalue weighted by Crippen LogP contribution is 2.22. The van der Waals surface area contributed by atoms with E-state index in [0.29, 0.717) is 18.7 Å². The van der Waals surface area contributed by atoms with Gasteiger partial charge in [0.1, 0.15) is 6.04 Å². The fourth-order valence-corrected chi connectivity index (χ4v) is 3.88. The van der Waals surface area contributed by atoms with Crippen LogP contribution in [0.15, 0.2) is 54.6 Å². The Kier molecular flexibility index (Phi) is 7.04. The molecule has 1 atom stereocenters. The SMILES string of the molecule is CC(C)C(NC(=O)c1ccc(C(C)(C)C)cc1)C(=O)N1CCN(c2ccccc2)CC1. The predicted octanol–water partition coefficient (Wildman–Crippen LogP) is 4.09.